The van der Waals surface area contributed by atoms with Gasteiger partial charge in [0.2, 0.25) is 0 Å². The van der Waals surface area contributed by atoms with Crippen molar-refractivity contribution in [3.8, 4) is 0 Å². The van der Waals surface area contributed by atoms with Crippen LogP contribution < -0.4 is 16.4 Å². The number of rotatable bonds is 2. The van der Waals surface area contributed by atoms with Gasteiger partial charge in [-0.1, -0.05) is 17.7 Å². The third-order valence-electron chi connectivity index (χ3n) is 2.32. The summed E-state index contributed by atoms with van der Waals surface area (Å²) in [5, 5.41) is 5.07. The van der Waals surface area contributed by atoms with Crippen molar-refractivity contribution in [1.29, 1.82) is 0 Å². The fourth-order valence-corrected chi connectivity index (χ4v) is 1.60. The Hall–Kier alpha value is -2.27. The van der Waals surface area contributed by atoms with Crippen LogP contribution >= 0.6 is 11.6 Å². The Morgan fingerprint density at radius 3 is 2.42 bits per heavy atom. The summed E-state index contributed by atoms with van der Waals surface area (Å²) < 4.78 is 13.2. The maximum absolute atomic E-state index is 13.2. The largest absolute Gasteiger partial charge is 0.399 e. The van der Waals surface area contributed by atoms with Crippen LogP contribution in [-0.4, -0.2) is 6.03 Å². The third kappa shape index (κ3) is 3.59. The Bertz CT molecular complexity index is 619. The quantitative estimate of drug-likeness (QED) is 0.734. The van der Waals surface area contributed by atoms with Crippen molar-refractivity contribution in [3.05, 3.63) is 53.3 Å². The highest BCUT2D eigenvalue weighted by Gasteiger charge is 2.05. The molecule has 0 aliphatic heterocycles. The average Bonchev–Trinajstić information content (AvgIpc) is 2.34. The number of anilines is 3. The molecule has 0 saturated carbocycles. The summed E-state index contributed by atoms with van der Waals surface area (Å²) in [7, 11) is 0. The van der Waals surface area contributed by atoms with Gasteiger partial charge in [-0.25, -0.2) is 9.18 Å². The zero-order chi connectivity index (χ0) is 13.8. The molecule has 98 valence electrons. The summed E-state index contributed by atoms with van der Waals surface area (Å²) in [4.78, 5) is 11.7. The molecule has 4 N–H and O–H groups in total. The second-order valence-corrected chi connectivity index (χ2v) is 4.24. The van der Waals surface area contributed by atoms with Crippen LogP contribution in [0.15, 0.2) is 42.5 Å². The van der Waals surface area contributed by atoms with Gasteiger partial charge in [0, 0.05) is 17.1 Å². The second kappa shape index (κ2) is 5.58. The number of nitrogens with two attached hydrogens (primary N) is 1. The van der Waals surface area contributed by atoms with Crippen LogP contribution in [0.5, 0.6) is 0 Å². The molecule has 0 atom stereocenters. The minimum atomic E-state index is -0.594. The van der Waals surface area contributed by atoms with E-state index in [1.54, 1.807) is 24.3 Å². The lowest BCUT2D eigenvalue weighted by atomic mass is 10.3. The first-order valence-electron chi connectivity index (χ1n) is 5.43. The van der Waals surface area contributed by atoms with E-state index in [2.05, 4.69) is 10.6 Å². The predicted octanol–water partition coefficient (Wildman–Crippen LogP) is 3.71. The van der Waals surface area contributed by atoms with Gasteiger partial charge in [-0.3, -0.25) is 0 Å². The fraction of sp³-hybridized carbons (Fsp3) is 0. The van der Waals surface area contributed by atoms with Gasteiger partial charge in [0.15, 0.2) is 0 Å². The van der Waals surface area contributed by atoms with Gasteiger partial charge in [0.25, 0.3) is 0 Å². The number of nitrogen functional groups attached to an aromatic ring is 1. The highest BCUT2D eigenvalue weighted by molar-refractivity contribution is 6.30. The van der Waals surface area contributed by atoms with Crippen LogP contribution in [0.2, 0.25) is 5.02 Å². The lowest BCUT2D eigenvalue weighted by molar-refractivity contribution is 0.262. The topological polar surface area (TPSA) is 67.1 Å². The van der Waals surface area contributed by atoms with Crippen LogP contribution in [0.3, 0.4) is 0 Å². The Balaban J connectivity index is 2.03. The van der Waals surface area contributed by atoms with Crippen molar-refractivity contribution in [2.75, 3.05) is 16.4 Å². The van der Waals surface area contributed by atoms with Crippen molar-refractivity contribution < 1.29 is 9.18 Å². The summed E-state index contributed by atoms with van der Waals surface area (Å²) in [5.41, 5.74) is 6.98. The van der Waals surface area contributed by atoms with E-state index >= 15 is 0 Å². The molecule has 0 aliphatic rings. The maximum atomic E-state index is 13.2. The van der Waals surface area contributed by atoms with Crippen molar-refractivity contribution in [2.24, 2.45) is 0 Å². The summed E-state index contributed by atoms with van der Waals surface area (Å²) in [6, 6.07) is 10.2. The molecule has 0 radical (unpaired) electrons. The molecule has 0 bridgehead atoms. The van der Waals surface area contributed by atoms with E-state index in [-0.39, 0.29) is 5.02 Å². The van der Waals surface area contributed by atoms with E-state index in [0.29, 0.717) is 17.1 Å². The van der Waals surface area contributed by atoms with Crippen LogP contribution in [-0.2, 0) is 0 Å². The van der Waals surface area contributed by atoms with Gasteiger partial charge in [-0.05, 0) is 36.4 Å². The molecular weight excluding hydrogens is 269 g/mol. The first kappa shape index (κ1) is 13.2. The normalized spacial score (nSPS) is 10.0. The van der Waals surface area contributed by atoms with Gasteiger partial charge in [-0.2, -0.15) is 0 Å². The summed E-state index contributed by atoms with van der Waals surface area (Å²) >= 11 is 5.55. The fourth-order valence-electron chi connectivity index (χ4n) is 1.48. The Morgan fingerprint density at radius 1 is 1.11 bits per heavy atom. The average molecular weight is 280 g/mol. The number of benzene rings is 2. The van der Waals surface area contributed by atoms with Gasteiger partial charge in [-0.15, -0.1) is 0 Å². The Kier molecular flexibility index (Phi) is 3.87. The molecule has 0 fully saturated rings. The maximum Gasteiger partial charge on any atom is 0.323 e. The van der Waals surface area contributed by atoms with Gasteiger partial charge in [0.05, 0.1) is 5.02 Å². The van der Waals surface area contributed by atoms with Crippen molar-refractivity contribution >= 4 is 34.7 Å². The van der Waals surface area contributed by atoms with E-state index in [9.17, 15) is 9.18 Å². The van der Waals surface area contributed by atoms with Crippen LogP contribution in [0.25, 0.3) is 0 Å². The molecule has 0 aliphatic carbocycles. The van der Waals surface area contributed by atoms with Crippen LogP contribution in [0.4, 0.5) is 26.2 Å². The van der Waals surface area contributed by atoms with Gasteiger partial charge >= 0.3 is 6.03 Å². The number of nitrogens with one attached hydrogen (secondary N) is 2. The monoisotopic (exact) mass is 279 g/mol. The zero-order valence-corrected chi connectivity index (χ0v) is 10.5. The molecule has 0 saturated heterocycles. The molecular formula is C13H11ClFN3O. The summed E-state index contributed by atoms with van der Waals surface area (Å²) in [5.74, 6) is -0.594. The number of hydrogen-bond acceptors (Lipinski definition) is 2. The number of carbonyl (C=O) groups is 1. The molecule has 0 aromatic heterocycles. The minimum Gasteiger partial charge on any atom is -0.399 e. The van der Waals surface area contributed by atoms with Crippen molar-refractivity contribution in [2.45, 2.75) is 0 Å². The molecule has 2 rings (SSSR count). The molecule has 4 nitrogen and oxygen atoms in total. The minimum absolute atomic E-state index is 0.00166. The number of urea groups is 1. The number of halogens is 2. The van der Waals surface area contributed by atoms with E-state index in [0.717, 1.165) is 6.07 Å². The lowest BCUT2D eigenvalue weighted by Crippen LogP contribution is -2.19. The molecule has 0 spiro atoms. The molecule has 2 amide bonds. The van der Waals surface area contributed by atoms with Crippen molar-refractivity contribution in [1.82, 2.24) is 0 Å². The summed E-state index contributed by atoms with van der Waals surface area (Å²) in [6.45, 7) is 0. The zero-order valence-electron chi connectivity index (χ0n) is 9.78. The van der Waals surface area contributed by atoms with Crippen LogP contribution in [0.1, 0.15) is 0 Å². The number of carbonyl (C=O) groups excluding carboxylic acids is 1. The lowest BCUT2D eigenvalue weighted by Gasteiger charge is -2.08. The van der Waals surface area contributed by atoms with E-state index in [4.69, 9.17) is 17.3 Å². The molecule has 6 heteroatoms. The standard InChI is InChI=1S/C13H11ClFN3O/c14-11-5-4-10(7-12(11)15)18-13(19)17-9-3-1-2-8(16)6-9/h1-7H,16H2,(H2,17,18,19). The number of amides is 2. The Morgan fingerprint density at radius 2 is 1.79 bits per heavy atom. The van der Waals surface area contributed by atoms with E-state index in [1.807, 2.05) is 0 Å². The Labute approximate surface area is 114 Å². The highest BCUT2D eigenvalue weighted by Crippen LogP contribution is 2.19. The predicted molar refractivity (Wildman–Crippen MR) is 74.9 cm³/mol. The van der Waals surface area contributed by atoms with Crippen molar-refractivity contribution in [3.63, 3.8) is 0 Å². The first-order valence-corrected chi connectivity index (χ1v) is 5.81. The molecule has 19 heavy (non-hydrogen) atoms. The SMILES string of the molecule is Nc1cccc(NC(=O)Nc2ccc(Cl)c(F)c2)c1. The molecule has 2 aromatic rings. The first-order chi connectivity index (χ1) is 9.04. The highest BCUT2D eigenvalue weighted by atomic mass is 35.5. The van der Waals surface area contributed by atoms with Gasteiger partial charge in [0.1, 0.15) is 5.82 Å². The molecule has 0 heterocycles. The number of hydrogen-bond donors (Lipinski definition) is 3. The molecule has 0 unspecified atom stereocenters. The second-order valence-electron chi connectivity index (χ2n) is 3.83. The smallest absolute Gasteiger partial charge is 0.323 e. The van der Waals surface area contributed by atoms with E-state index in [1.165, 1.54) is 12.1 Å². The van der Waals surface area contributed by atoms with Crippen LogP contribution in [0, 0.1) is 5.82 Å². The summed E-state index contributed by atoms with van der Waals surface area (Å²) in [6.07, 6.45) is 0. The molecule has 2 aromatic carbocycles. The van der Waals surface area contributed by atoms with E-state index < -0.39 is 11.8 Å². The third-order valence-corrected chi connectivity index (χ3v) is 2.63. The van der Waals surface area contributed by atoms with Gasteiger partial charge < -0.3 is 16.4 Å².